The molecule has 1 amide bonds. The van der Waals surface area contributed by atoms with Gasteiger partial charge in [-0.2, -0.15) is 4.31 Å². The zero-order chi connectivity index (χ0) is 22.7. The molecule has 0 bridgehead atoms. The van der Waals surface area contributed by atoms with Gasteiger partial charge in [0.25, 0.3) is 5.91 Å². The van der Waals surface area contributed by atoms with E-state index in [2.05, 4.69) is 0 Å². The predicted octanol–water partition coefficient (Wildman–Crippen LogP) is 4.44. The number of hydrogen-bond donors (Lipinski definition) is 0. The number of carbonyl (C=O) groups is 1. The molecule has 0 atom stereocenters. The average Bonchev–Trinajstić information content (AvgIpc) is 3.29. The van der Waals surface area contributed by atoms with Crippen LogP contribution >= 0.6 is 22.9 Å². The molecule has 32 heavy (non-hydrogen) atoms. The topological polar surface area (TPSA) is 66.9 Å². The predicted molar refractivity (Wildman–Crippen MR) is 126 cm³/mol. The summed E-state index contributed by atoms with van der Waals surface area (Å²) in [6.07, 6.45) is 0. The molecular formula is C23H23ClN2O4S2. The third-order valence-electron chi connectivity index (χ3n) is 5.31. The molecule has 2 aromatic carbocycles. The van der Waals surface area contributed by atoms with Gasteiger partial charge in [-0.25, -0.2) is 8.42 Å². The number of amides is 1. The van der Waals surface area contributed by atoms with Crippen molar-refractivity contribution in [3.8, 4) is 5.75 Å². The molecule has 4 rings (SSSR count). The van der Waals surface area contributed by atoms with Crippen LogP contribution in [0.2, 0.25) is 5.02 Å². The van der Waals surface area contributed by atoms with Gasteiger partial charge in [-0.3, -0.25) is 4.79 Å². The fraction of sp³-hybridized carbons (Fsp3) is 0.261. The summed E-state index contributed by atoms with van der Waals surface area (Å²) < 4.78 is 32.8. The van der Waals surface area contributed by atoms with Gasteiger partial charge in [-0.15, -0.1) is 11.3 Å². The third kappa shape index (κ3) is 4.99. The number of carbonyl (C=O) groups excluding carboxylic acids is 1. The fourth-order valence-corrected chi connectivity index (χ4v) is 5.89. The molecule has 0 aliphatic carbocycles. The lowest BCUT2D eigenvalue weighted by atomic mass is 10.2. The molecule has 1 aliphatic rings. The largest absolute Gasteiger partial charge is 0.489 e. The molecule has 6 nitrogen and oxygen atoms in total. The van der Waals surface area contributed by atoms with Crippen LogP contribution in [0.1, 0.15) is 20.8 Å². The highest BCUT2D eigenvalue weighted by Gasteiger charge is 2.30. The van der Waals surface area contributed by atoms with Gasteiger partial charge in [0.15, 0.2) is 0 Å². The minimum Gasteiger partial charge on any atom is -0.489 e. The molecule has 0 unspecified atom stereocenters. The molecule has 1 saturated heterocycles. The Kier molecular flexibility index (Phi) is 6.85. The summed E-state index contributed by atoms with van der Waals surface area (Å²) in [7, 11) is -3.54. The second-order valence-corrected chi connectivity index (χ2v) is 10.8. The van der Waals surface area contributed by atoms with E-state index in [0.717, 1.165) is 16.9 Å². The Morgan fingerprint density at radius 1 is 1.06 bits per heavy atom. The Labute approximate surface area is 197 Å². The minimum atomic E-state index is -3.54. The number of halogens is 1. The first kappa shape index (κ1) is 22.8. The maximum atomic E-state index is 12.9. The van der Waals surface area contributed by atoms with Gasteiger partial charge in [0, 0.05) is 36.8 Å². The van der Waals surface area contributed by atoms with Gasteiger partial charge in [-0.1, -0.05) is 29.8 Å². The van der Waals surface area contributed by atoms with E-state index >= 15 is 0 Å². The quantitative estimate of drug-likeness (QED) is 0.512. The first-order valence-electron chi connectivity index (χ1n) is 10.2. The normalized spacial score (nSPS) is 15.0. The molecule has 1 fully saturated rings. The van der Waals surface area contributed by atoms with Crippen LogP contribution in [0.15, 0.2) is 64.9 Å². The van der Waals surface area contributed by atoms with Crippen LogP contribution < -0.4 is 4.74 Å². The summed E-state index contributed by atoms with van der Waals surface area (Å²) >= 11 is 7.41. The van der Waals surface area contributed by atoms with E-state index < -0.39 is 10.0 Å². The Morgan fingerprint density at radius 2 is 1.78 bits per heavy atom. The number of hydrogen-bond acceptors (Lipinski definition) is 5. The van der Waals surface area contributed by atoms with Crippen molar-refractivity contribution in [3.63, 3.8) is 0 Å². The number of aryl methyl sites for hydroxylation is 1. The fourth-order valence-electron chi connectivity index (χ4n) is 3.47. The molecule has 168 valence electrons. The molecular weight excluding hydrogens is 468 g/mol. The van der Waals surface area contributed by atoms with Crippen LogP contribution in [0.5, 0.6) is 5.75 Å². The van der Waals surface area contributed by atoms with Crippen LogP contribution in [0.3, 0.4) is 0 Å². The van der Waals surface area contributed by atoms with E-state index in [4.69, 9.17) is 16.3 Å². The van der Waals surface area contributed by atoms with Crippen LogP contribution in [0.25, 0.3) is 0 Å². The Hall–Kier alpha value is -2.39. The van der Waals surface area contributed by atoms with Crippen molar-refractivity contribution in [1.82, 2.24) is 9.21 Å². The van der Waals surface area contributed by atoms with Gasteiger partial charge < -0.3 is 9.64 Å². The molecule has 0 saturated carbocycles. The number of piperazine rings is 1. The minimum absolute atomic E-state index is 0.0830. The van der Waals surface area contributed by atoms with Gasteiger partial charge in [0.1, 0.15) is 12.4 Å². The lowest BCUT2D eigenvalue weighted by Crippen LogP contribution is -2.50. The highest BCUT2D eigenvalue weighted by molar-refractivity contribution is 7.89. The van der Waals surface area contributed by atoms with Crippen LogP contribution in [0, 0.1) is 6.92 Å². The highest BCUT2D eigenvalue weighted by Crippen LogP contribution is 2.24. The number of sulfonamides is 1. The monoisotopic (exact) mass is 490 g/mol. The van der Waals surface area contributed by atoms with Gasteiger partial charge in [0.05, 0.1) is 9.77 Å². The van der Waals surface area contributed by atoms with E-state index in [1.54, 1.807) is 41.3 Å². The number of benzene rings is 2. The summed E-state index contributed by atoms with van der Waals surface area (Å²) in [6.45, 7) is 3.55. The van der Waals surface area contributed by atoms with E-state index in [-0.39, 0.29) is 23.9 Å². The molecule has 0 spiro atoms. The second kappa shape index (κ2) is 9.62. The van der Waals surface area contributed by atoms with Crippen molar-refractivity contribution < 1.29 is 17.9 Å². The number of ether oxygens (including phenoxy) is 1. The summed E-state index contributed by atoms with van der Waals surface area (Å²) in [6, 6.07) is 15.7. The SMILES string of the molecule is Cc1cc(OCc2csc(C(=O)N3CCN(S(=O)(=O)c4ccccc4)CC3)c2)ccc1Cl. The third-order valence-corrected chi connectivity index (χ3v) is 8.61. The number of thiophene rings is 1. The zero-order valence-electron chi connectivity index (χ0n) is 17.5. The van der Waals surface area contributed by atoms with Crippen LogP contribution in [0.4, 0.5) is 0 Å². The molecule has 0 radical (unpaired) electrons. The van der Waals surface area contributed by atoms with Gasteiger partial charge >= 0.3 is 0 Å². The van der Waals surface area contributed by atoms with E-state index in [0.29, 0.717) is 29.6 Å². The summed E-state index contributed by atoms with van der Waals surface area (Å²) in [5, 5.41) is 2.60. The number of nitrogens with zero attached hydrogens (tertiary/aromatic N) is 2. The lowest BCUT2D eigenvalue weighted by Gasteiger charge is -2.33. The van der Waals surface area contributed by atoms with Crippen molar-refractivity contribution in [2.24, 2.45) is 0 Å². The maximum absolute atomic E-state index is 12.9. The maximum Gasteiger partial charge on any atom is 0.264 e. The zero-order valence-corrected chi connectivity index (χ0v) is 19.9. The van der Waals surface area contributed by atoms with E-state index in [1.807, 2.05) is 30.5 Å². The second-order valence-electron chi connectivity index (χ2n) is 7.53. The molecule has 0 N–H and O–H groups in total. The standard InChI is InChI=1S/C23H23ClN2O4S2/c1-17-13-19(7-8-21(17)24)30-15-18-14-22(31-16-18)23(27)25-9-11-26(12-10-25)32(28,29)20-5-3-2-4-6-20/h2-8,13-14,16H,9-12,15H2,1H3. The molecule has 2 heterocycles. The smallest absolute Gasteiger partial charge is 0.264 e. The highest BCUT2D eigenvalue weighted by atomic mass is 35.5. The van der Waals surface area contributed by atoms with Gasteiger partial charge in [0.2, 0.25) is 10.0 Å². The molecule has 1 aliphatic heterocycles. The van der Waals surface area contributed by atoms with E-state index in [1.165, 1.54) is 15.6 Å². The first-order chi connectivity index (χ1) is 15.3. The van der Waals surface area contributed by atoms with Crippen molar-refractivity contribution in [2.45, 2.75) is 18.4 Å². The van der Waals surface area contributed by atoms with E-state index in [9.17, 15) is 13.2 Å². The summed E-state index contributed by atoms with van der Waals surface area (Å²) in [5.74, 6) is 0.641. The van der Waals surface area contributed by atoms with Crippen molar-refractivity contribution in [2.75, 3.05) is 26.2 Å². The Bertz CT molecular complexity index is 1200. The van der Waals surface area contributed by atoms with Crippen molar-refractivity contribution >= 4 is 38.9 Å². The van der Waals surface area contributed by atoms with Crippen LogP contribution in [-0.2, 0) is 16.6 Å². The van der Waals surface area contributed by atoms with Crippen LogP contribution in [-0.4, -0.2) is 49.7 Å². The molecule has 9 heteroatoms. The lowest BCUT2D eigenvalue weighted by molar-refractivity contribution is 0.0702. The summed E-state index contributed by atoms with van der Waals surface area (Å²) in [5.41, 5.74) is 1.86. The number of rotatable bonds is 6. The Balaban J connectivity index is 1.34. The van der Waals surface area contributed by atoms with Gasteiger partial charge in [-0.05, 0) is 54.3 Å². The Morgan fingerprint density at radius 3 is 2.47 bits per heavy atom. The molecule has 3 aromatic rings. The summed E-state index contributed by atoms with van der Waals surface area (Å²) in [4.78, 5) is 15.5. The molecule has 1 aromatic heterocycles. The van der Waals surface area contributed by atoms with Crippen molar-refractivity contribution in [1.29, 1.82) is 0 Å². The van der Waals surface area contributed by atoms with Crippen molar-refractivity contribution in [3.05, 3.63) is 81.0 Å². The average molecular weight is 491 g/mol. The first-order valence-corrected chi connectivity index (χ1v) is 12.9.